The second-order valence-corrected chi connectivity index (χ2v) is 6.74. The highest BCUT2D eigenvalue weighted by Gasteiger charge is 2.39. The number of hydrogen-bond acceptors (Lipinski definition) is 4. The molecule has 3 rings (SSSR count). The van der Waals surface area contributed by atoms with E-state index in [1.54, 1.807) is 7.11 Å². The number of rotatable bonds is 5. The maximum atomic E-state index is 12.8. The van der Waals surface area contributed by atoms with Gasteiger partial charge >= 0.3 is 0 Å². The van der Waals surface area contributed by atoms with Crippen LogP contribution in [0.5, 0.6) is 5.75 Å². The number of methoxy groups -OCH3 is 1. The van der Waals surface area contributed by atoms with Gasteiger partial charge in [-0.1, -0.05) is 18.6 Å². The largest absolute Gasteiger partial charge is 0.497 e. The van der Waals surface area contributed by atoms with Crippen molar-refractivity contribution < 1.29 is 19.4 Å². The van der Waals surface area contributed by atoms with E-state index in [0.29, 0.717) is 32.6 Å². The van der Waals surface area contributed by atoms with Crippen LogP contribution in [-0.2, 0) is 16.0 Å². The van der Waals surface area contributed by atoms with E-state index in [2.05, 4.69) is 0 Å². The molecular weight excluding hydrogens is 306 g/mol. The average molecular weight is 333 g/mol. The van der Waals surface area contributed by atoms with E-state index in [1.165, 1.54) is 0 Å². The molecule has 0 unspecified atom stereocenters. The number of hydrogen-bond donors (Lipinski definition) is 1. The smallest absolute Gasteiger partial charge is 0.223 e. The number of aliphatic hydroxyl groups is 1. The molecule has 1 aliphatic carbocycles. The van der Waals surface area contributed by atoms with E-state index in [4.69, 9.17) is 9.47 Å². The summed E-state index contributed by atoms with van der Waals surface area (Å²) in [5.41, 5.74) is 1.11. The Hall–Kier alpha value is -1.59. The van der Waals surface area contributed by atoms with Crippen molar-refractivity contribution in [1.82, 2.24) is 4.90 Å². The number of morpholine rings is 1. The second-order valence-electron chi connectivity index (χ2n) is 6.74. The van der Waals surface area contributed by atoms with Crippen LogP contribution in [0.2, 0.25) is 0 Å². The minimum Gasteiger partial charge on any atom is -0.497 e. The molecule has 0 radical (unpaired) electrons. The van der Waals surface area contributed by atoms with Crippen LogP contribution in [0.4, 0.5) is 0 Å². The van der Waals surface area contributed by atoms with Crippen molar-refractivity contribution in [2.45, 2.75) is 44.2 Å². The summed E-state index contributed by atoms with van der Waals surface area (Å²) in [4.78, 5) is 14.7. The highest BCUT2D eigenvalue weighted by molar-refractivity contribution is 5.77. The van der Waals surface area contributed by atoms with Crippen LogP contribution in [0, 0.1) is 5.92 Å². The van der Waals surface area contributed by atoms with Gasteiger partial charge in [-0.05, 0) is 37.0 Å². The number of aryl methyl sites for hydroxylation is 1. The van der Waals surface area contributed by atoms with Crippen molar-refractivity contribution in [3.63, 3.8) is 0 Å². The van der Waals surface area contributed by atoms with Crippen LogP contribution in [0.15, 0.2) is 24.3 Å². The molecule has 1 saturated carbocycles. The standard InChI is InChI=1S/C19H27NO4/c1-23-15-5-2-4-14(12-15)8-9-19(22)20-10-11-24-13-17(20)16-6-3-7-18(16)21/h2,4-5,12,16-18,21H,3,6-11,13H2,1H3/t16-,17+,18+/m0/s1. The molecule has 1 amide bonds. The van der Waals surface area contributed by atoms with Crippen molar-refractivity contribution in [3.05, 3.63) is 29.8 Å². The quantitative estimate of drug-likeness (QED) is 0.895. The lowest BCUT2D eigenvalue weighted by atomic mass is 9.93. The van der Waals surface area contributed by atoms with Gasteiger partial charge in [-0.3, -0.25) is 4.79 Å². The van der Waals surface area contributed by atoms with Gasteiger partial charge in [0.2, 0.25) is 5.91 Å². The Morgan fingerprint density at radius 1 is 1.42 bits per heavy atom. The average Bonchev–Trinajstić information content (AvgIpc) is 3.05. The molecule has 132 valence electrons. The van der Waals surface area contributed by atoms with Crippen LogP contribution in [0.25, 0.3) is 0 Å². The fourth-order valence-electron chi connectivity index (χ4n) is 3.93. The highest BCUT2D eigenvalue weighted by Crippen LogP contribution is 2.32. The Kier molecular flexibility index (Phi) is 5.74. The zero-order valence-corrected chi connectivity index (χ0v) is 14.3. The zero-order valence-electron chi connectivity index (χ0n) is 14.3. The van der Waals surface area contributed by atoms with Crippen molar-refractivity contribution >= 4 is 5.91 Å². The first-order valence-electron chi connectivity index (χ1n) is 8.87. The van der Waals surface area contributed by atoms with Gasteiger partial charge in [-0.2, -0.15) is 0 Å². The van der Waals surface area contributed by atoms with E-state index < -0.39 is 0 Å². The lowest BCUT2D eigenvalue weighted by molar-refractivity contribution is -0.143. The number of benzene rings is 1. The first-order chi connectivity index (χ1) is 11.7. The summed E-state index contributed by atoms with van der Waals surface area (Å²) in [6.07, 6.45) is 3.74. The topological polar surface area (TPSA) is 59.0 Å². The molecule has 1 aliphatic heterocycles. The van der Waals surface area contributed by atoms with E-state index in [-0.39, 0.29) is 24.0 Å². The summed E-state index contributed by atoms with van der Waals surface area (Å²) in [5.74, 6) is 1.13. The fourth-order valence-corrected chi connectivity index (χ4v) is 3.93. The molecule has 24 heavy (non-hydrogen) atoms. The molecule has 0 spiro atoms. The van der Waals surface area contributed by atoms with Crippen LogP contribution >= 0.6 is 0 Å². The lowest BCUT2D eigenvalue weighted by Gasteiger charge is -2.40. The molecule has 0 bridgehead atoms. The minimum atomic E-state index is -0.301. The van der Waals surface area contributed by atoms with E-state index >= 15 is 0 Å². The lowest BCUT2D eigenvalue weighted by Crippen LogP contribution is -2.53. The first-order valence-corrected chi connectivity index (χ1v) is 8.87. The maximum Gasteiger partial charge on any atom is 0.223 e. The predicted octanol–water partition coefficient (Wildman–Crippen LogP) is 2.02. The van der Waals surface area contributed by atoms with Gasteiger partial charge in [0.25, 0.3) is 0 Å². The van der Waals surface area contributed by atoms with Crippen LogP contribution in [0.3, 0.4) is 0 Å². The van der Waals surface area contributed by atoms with Gasteiger partial charge < -0.3 is 19.5 Å². The summed E-state index contributed by atoms with van der Waals surface area (Å²) >= 11 is 0. The third-order valence-electron chi connectivity index (χ3n) is 5.27. The van der Waals surface area contributed by atoms with Gasteiger partial charge in [0, 0.05) is 18.9 Å². The number of aliphatic hydroxyl groups excluding tert-OH is 1. The predicted molar refractivity (Wildman–Crippen MR) is 91.0 cm³/mol. The Labute approximate surface area is 143 Å². The summed E-state index contributed by atoms with van der Waals surface area (Å²) in [5, 5.41) is 10.2. The monoisotopic (exact) mass is 333 g/mol. The SMILES string of the molecule is COc1cccc(CCC(=O)N2CCOC[C@@H]2[C@@H]2CCC[C@H]2O)c1. The van der Waals surface area contributed by atoms with Gasteiger partial charge in [0.15, 0.2) is 0 Å². The minimum absolute atomic E-state index is 0.0223. The van der Waals surface area contributed by atoms with Crippen LogP contribution in [0.1, 0.15) is 31.2 Å². The molecule has 5 nitrogen and oxygen atoms in total. The molecule has 0 aromatic heterocycles. The van der Waals surface area contributed by atoms with Gasteiger partial charge in [-0.25, -0.2) is 0 Å². The number of amides is 1. The van der Waals surface area contributed by atoms with Crippen LogP contribution < -0.4 is 4.74 Å². The summed E-state index contributed by atoms with van der Waals surface area (Å²) in [7, 11) is 1.65. The van der Waals surface area contributed by atoms with E-state index in [9.17, 15) is 9.90 Å². The highest BCUT2D eigenvalue weighted by atomic mass is 16.5. The number of carbonyl (C=O) groups excluding carboxylic acids is 1. The molecule has 1 heterocycles. The molecule has 1 N–H and O–H groups in total. The molecule has 5 heteroatoms. The number of carbonyl (C=O) groups is 1. The molecule has 3 atom stereocenters. The van der Waals surface area contributed by atoms with Crippen LogP contribution in [-0.4, -0.2) is 54.9 Å². The number of ether oxygens (including phenoxy) is 2. The van der Waals surface area contributed by atoms with E-state index in [1.807, 2.05) is 29.2 Å². The molecule has 1 aromatic rings. The van der Waals surface area contributed by atoms with Crippen molar-refractivity contribution in [2.24, 2.45) is 5.92 Å². The molecule has 1 saturated heterocycles. The van der Waals surface area contributed by atoms with Gasteiger partial charge in [0.1, 0.15) is 5.75 Å². The molecule has 1 aromatic carbocycles. The normalized spacial score (nSPS) is 27.2. The third kappa shape index (κ3) is 3.90. The maximum absolute atomic E-state index is 12.8. The summed E-state index contributed by atoms with van der Waals surface area (Å²) in [6.45, 7) is 1.77. The second kappa shape index (κ2) is 7.99. The Morgan fingerprint density at radius 3 is 3.04 bits per heavy atom. The number of nitrogens with zero attached hydrogens (tertiary/aromatic N) is 1. The summed E-state index contributed by atoms with van der Waals surface area (Å²) in [6, 6.07) is 7.88. The third-order valence-corrected chi connectivity index (χ3v) is 5.27. The van der Waals surface area contributed by atoms with E-state index in [0.717, 1.165) is 30.6 Å². The van der Waals surface area contributed by atoms with Crippen molar-refractivity contribution in [3.8, 4) is 5.75 Å². The Morgan fingerprint density at radius 2 is 2.29 bits per heavy atom. The molecule has 2 fully saturated rings. The zero-order chi connectivity index (χ0) is 16.9. The Bertz CT molecular complexity index is 562. The fraction of sp³-hybridized carbons (Fsp3) is 0.632. The first kappa shape index (κ1) is 17.2. The molecule has 2 aliphatic rings. The van der Waals surface area contributed by atoms with Gasteiger partial charge in [-0.15, -0.1) is 0 Å². The van der Waals surface area contributed by atoms with Crippen molar-refractivity contribution in [2.75, 3.05) is 26.9 Å². The summed E-state index contributed by atoms with van der Waals surface area (Å²) < 4.78 is 10.8. The van der Waals surface area contributed by atoms with Gasteiger partial charge in [0.05, 0.1) is 32.5 Å². The molecular formula is C19H27NO4. The van der Waals surface area contributed by atoms with Crippen molar-refractivity contribution in [1.29, 1.82) is 0 Å². The Balaban J connectivity index is 1.61.